The minimum Gasteiger partial charge on any atom is -0.324 e. The summed E-state index contributed by atoms with van der Waals surface area (Å²) in [5.74, 6) is -0.788. The Morgan fingerprint density at radius 3 is 2.06 bits per heavy atom. The quantitative estimate of drug-likeness (QED) is 0.549. The van der Waals surface area contributed by atoms with E-state index in [1.54, 1.807) is 0 Å². The fraction of sp³-hybridized carbons (Fsp3) is 0.444. The van der Waals surface area contributed by atoms with Crippen molar-refractivity contribution >= 4 is 29.2 Å². The summed E-state index contributed by atoms with van der Waals surface area (Å²) in [6, 6.07) is 11.0. The highest BCUT2D eigenvalue weighted by atomic mass is 19.1. The molecule has 6 nitrogen and oxygen atoms in total. The zero-order valence-corrected chi connectivity index (χ0v) is 20.2. The number of hydrogen-bond donors (Lipinski definition) is 1. The lowest BCUT2D eigenvalue weighted by molar-refractivity contribution is -0.133. The van der Waals surface area contributed by atoms with E-state index in [-0.39, 0.29) is 24.3 Å². The van der Waals surface area contributed by atoms with Gasteiger partial charge in [0.25, 0.3) is 5.91 Å². The molecule has 7 heteroatoms. The molecule has 4 amide bonds. The first-order valence-electron chi connectivity index (χ1n) is 12.0. The molecule has 0 aromatic heterocycles. The number of nitrogens with zero attached hydrogens (tertiary/aromatic N) is 2. The topological polar surface area (TPSA) is 69.7 Å². The molecule has 1 N–H and O–H groups in total. The molecule has 2 aromatic rings. The normalized spacial score (nSPS) is 17.5. The van der Waals surface area contributed by atoms with Gasteiger partial charge in [-0.3, -0.25) is 19.4 Å². The summed E-state index contributed by atoms with van der Waals surface area (Å²) in [7, 11) is 0. The van der Waals surface area contributed by atoms with Gasteiger partial charge in [-0.15, -0.1) is 0 Å². The minimum atomic E-state index is -1.01. The summed E-state index contributed by atoms with van der Waals surface area (Å²) in [5, 5.41) is 3.00. The number of imide groups is 1. The van der Waals surface area contributed by atoms with Gasteiger partial charge in [-0.2, -0.15) is 0 Å². The number of amides is 4. The van der Waals surface area contributed by atoms with Crippen molar-refractivity contribution in [2.45, 2.75) is 70.8 Å². The second-order valence-electron chi connectivity index (χ2n) is 9.89. The van der Waals surface area contributed by atoms with Crippen LogP contribution in [0.3, 0.4) is 0 Å². The Kier molecular flexibility index (Phi) is 6.47. The van der Waals surface area contributed by atoms with Gasteiger partial charge < -0.3 is 5.32 Å². The number of carbonyl (C=O) groups excluding carboxylic acids is 3. The van der Waals surface area contributed by atoms with Crippen LogP contribution in [-0.2, 0) is 9.59 Å². The molecule has 1 saturated carbocycles. The van der Waals surface area contributed by atoms with Gasteiger partial charge in [0.15, 0.2) is 0 Å². The lowest BCUT2D eigenvalue weighted by Crippen LogP contribution is -2.47. The average molecular weight is 466 g/mol. The maximum atomic E-state index is 13.5. The van der Waals surface area contributed by atoms with Crippen molar-refractivity contribution in [1.29, 1.82) is 0 Å². The van der Waals surface area contributed by atoms with E-state index in [4.69, 9.17) is 0 Å². The SMILES string of the molecule is CC(C)c1cccc(C(C)C)c1NC(=O)CN1C(=O)N(c2ccc(F)cc2)C2(CCCC2)C1=O. The molecule has 1 aliphatic carbocycles. The van der Waals surface area contributed by atoms with E-state index in [9.17, 15) is 18.8 Å². The van der Waals surface area contributed by atoms with E-state index in [1.807, 2.05) is 18.2 Å². The van der Waals surface area contributed by atoms with Gasteiger partial charge in [0.2, 0.25) is 5.91 Å². The van der Waals surface area contributed by atoms with Crippen LogP contribution in [0.1, 0.15) is 76.3 Å². The number of benzene rings is 2. The van der Waals surface area contributed by atoms with Crippen LogP contribution in [0.2, 0.25) is 0 Å². The fourth-order valence-electron chi connectivity index (χ4n) is 5.24. The van der Waals surface area contributed by atoms with E-state index in [2.05, 4.69) is 33.0 Å². The fourth-order valence-corrected chi connectivity index (χ4v) is 5.24. The standard InChI is InChI=1S/C27H32FN3O3/c1-17(2)21-8-7-9-22(18(3)4)24(21)29-23(32)16-30-25(33)27(14-5-6-15-27)31(26(30)34)20-12-10-19(28)11-13-20/h7-13,17-18H,5-6,14-16H2,1-4H3,(H,29,32). The molecule has 0 bridgehead atoms. The number of carbonyl (C=O) groups is 3. The van der Waals surface area contributed by atoms with Crippen LogP contribution in [0, 0.1) is 5.82 Å². The Bertz CT molecular complexity index is 1080. The van der Waals surface area contributed by atoms with Crippen LogP contribution >= 0.6 is 0 Å². The summed E-state index contributed by atoms with van der Waals surface area (Å²) in [5.41, 5.74) is 2.24. The van der Waals surface area contributed by atoms with Crippen LogP contribution in [0.5, 0.6) is 0 Å². The monoisotopic (exact) mass is 465 g/mol. The molecule has 0 unspecified atom stereocenters. The van der Waals surface area contributed by atoms with Crippen LogP contribution in [0.4, 0.5) is 20.6 Å². The predicted octanol–water partition coefficient (Wildman–Crippen LogP) is 5.79. The van der Waals surface area contributed by atoms with E-state index < -0.39 is 23.3 Å². The highest BCUT2D eigenvalue weighted by molar-refractivity contribution is 6.18. The number of hydrogen-bond acceptors (Lipinski definition) is 3. The van der Waals surface area contributed by atoms with Gasteiger partial charge in [0, 0.05) is 11.4 Å². The van der Waals surface area contributed by atoms with Crippen molar-refractivity contribution < 1.29 is 18.8 Å². The Morgan fingerprint density at radius 2 is 1.53 bits per heavy atom. The summed E-state index contributed by atoms with van der Waals surface area (Å²) in [6.45, 7) is 7.89. The van der Waals surface area contributed by atoms with Crippen molar-refractivity contribution in [2.75, 3.05) is 16.8 Å². The molecule has 1 spiro atoms. The van der Waals surface area contributed by atoms with Crippen LogP contribution < -0.4 is 10.2 Å². The molecule has 2 fully saturated rings. The van der Waals surface area contributed by atoms with Gasteiger partial charge in [-0.25, -0.2) is 9.18 Å². The molecular formula is C27H32FN3O3. The minimum absolute atomic E-state index is 0.194. The summed E-state index contributed by atoms with van der Waals surface area (Å²) in [4.78, 5) is 42.7. The third kappa shape index (κ3) is 4.08. The van der Waals surface area contributed by atoms with Crippen LogP contribution in [0.25, 0.3) is 0 Å². The Morgan fingerprint density at radius 1 is 0.971 bits per heavy atom. The van der Waals surface area contributed by atoms with Crippen molar-refractivity contribution in [3.05, 3.63) is 59.4 Å². The Hall–Kier alpha value is -3.22. The van der Waals surface area contributed by atoms with Crippen molar-refractivity contribution in [3.8, 4) is 0 Å². The van der Waals surface area contributed by atoms with Gasteiger partial charge in [0.05, 0.1) is 0 Å². The Labute approximate surface area is 200 Å². The zero-order chi connectivity index (χ0) is 24.6. The largest absolute Gasteiger partial charge is 0.332 e. The molecule has 1 heterocycles. The number of rotatable bonds is 6. The van der Waals surface area contributed by atoms with Gasteiger partial charge in [-0.1, -0.05) is 58.7 Å². The highest BCUT2D eigenvalue weighted by Crippen LogP contribution is 2.44. The molecule has 0 radical (unpaired) electrons. The molecule has 1 aliphatic heterocycles. The van der Waals surface area contributed by atoms with Crippen LogP contribution in [-0.4, -0.2) is 34.8 Å². The molecule has 34 heavy (non-hydrogen) atoms. The summed E-state index contributed by atoms with van der Waals surface area (Å²) >= 11 is 0. The van der Waals surface area contributed by atoms with Crippen LogP contribution in [0.15, 0.2) is 42.5 Å². The summed E-state index contributed by atoms with van der Waals surface area (Å²) < 4.78 is 13.5. The van der Waals surface area contributed by atoms with Crippen molar-refractivity contribution in [2.24, 2.45) is 0 Å². The Balaban J connectivity index is 1.62. The predicted molar refractivity (Wildman–Crippen MR) is 130 cm³/mol. The number of urea groups is 1. The third-order valence-electron chi connectivity index (χ3n) is 6.95. The zero-order valence-electron chi connectivity index (χ0n) is 20.2. The van der Waals surface area contributed by atoms with Gasteiger partial charge in [-0.05, 0) is 60.1 Å². The molecule has 1 saturated heterocycles. The smallest absolute Gasteiger partial charge is 0.324 e. The highest BCUT2D eigenvalue weighted by Gasteiger charge is 2.59. The molecule has 180 valence electrons. The van der Waals surface area contributed by atoms with E-state index in [0.29, 0.717) is 18.5 Å². The lowest BCUT2D eigenvalue weighted by Gasteiger charge is -2.31. The maximum Gasteiger partial charge on any atom is 0.332 e. The van der Waals surface area contributed by atoms with Gasteiger partial charge >= 0.3 is 6.03 Å². The number of para-hydroxylation sites is 1. The second-order valence-corrected chi connectivity index (χ2v) is 9.89. The average Bonchev–Trinajstić information content (AvgIpc) is 3.35. The van der Waals surface area contributed by atoms with Gasteiger partial charge in [0.1, 0.15) is 17.9 Å². The van der Waals surface area contributed by atoms with E-state index >= 15 is 0 Å². The summed E-state index contributed by atoms with van der Waals surface area (Å²) in [6.07, 6.45) is 2.69. The lowest BCUT2D eigenvalue weighted by atomic mass is 9.92. The number of anilines is 2. The molecule has 2 aliphatic rings. The number of nitrogens with one attached hydrogen (secondary N) is 1. The van der Waals surface area contributed by atoms with Crippen molar-refractivity contribution in [1.82, 2.24) is 4.90 Å². The first-order chi connectivity index (χ1) is 16.2. The second kappa shape index (κ2) is 9.20. The van der Waals surface area contributed by atoms with Crippen molar-refractivity contribution in [3.63, 3.8) is 0 Å². The third-order valence-corrected chi connectivity index (χ3v) is 6.95. The molecule has 4 rings (SSSR count). The van der Waals surface area contributed by atoms with E-state index in [0.717, 1.165) is 34.6 Å². The molecule has 0 atom stereocenters. The van der Waals surface area contributed by atoms with E-state index in [1.165, 1.54) is 29.2 Å². The first-order valence-corrected chi connectivity index (χ1v) is 12.0. The first kappa shape index (κ1) is 23.9. The number of halogens is 1. The molecule has 2 aromatic carbocycles. The maximum absolute atomic E-state index is 13.5. The molecular weight excluding hydrogens is 433 g/mol.